The van der Waals surface area contributed by atoms with Gasteiger partial charge in [-0.05, 0) is 75.8 Å². The molecule has 0 saturated heterocycles. The van der Waals surface area contributed by atoms with Gasteiger partial charge in [-0.2, -0.15) is 4.68 Å². The third kappa shape index (κ3) is 2.48. The van der Waals surface area contributed by atoms with Gasteiger partial charge in [-0.15, -0.1) is 5.10 Å². The highest BCUT2D eigenvalue weighted by molar-refractivity contribution is 14.1. The minimum absolute atomic E-state index is 0.696. The Balaban J connectivity index is 1.91. The van der Waals surface area contributed by atoms with E-state index in [4.69, 9.17) is 0 Å². The zero-order valence-corrected chi connectivity index (χ0v) is 14.5. The van der Waals surface area contributed by atoms with Gasteiger partial charge in [0.2, 0.25) is 0 Å². The van der Waals surface area contributed by atoms with Crippen LogP contribution in [0.15, 0.2) is 54.7 Å². The third-order valence-corrected chi connectivity index (χ3v) is 4.55. The number of hydrogen-bond acceptors (Lipinski definition) is 4. The number of nitrogens with zero attached hydrogens (tertiary/aromatic N) is 5. The Morgan fingerprint density at radius 2 is 1.78 bits per heavy atom. The first-order valence-corrected chi connectivity index (χ1v) is 8.21. The molecule has 5 nitrogen and oxygen atoms in total. The standard InChI is InChI=1S/C17H12IN5/c1-11-14-4-2-3-5-16(14)19-10-15(11)17-20-21-22-23(17)13-8-6-12(18)7-9-13/h2-10H,1H3. The number of hydrogen-bond donors (Lipinski definition) is 0. The first-order valence-electron chi connectivity index (χ1n) is 7.13. The van der Waals surface area contributed by atoms with Crippen LogP contribution in [-0.2, 0) is 0 Å². The fourth-order valence-electron chi connectivity index (χ4n) is 2.62. The van der Waals surface area contributed by atoms with E-state index >= 15 is 0 Å². The molecule has 0 radical (unpaired) electrons. The van der Waals surface area contributed by atoms with Crippen molar-refractivity contribution in [3.05, 3.63) is 63.9 Å². The monoisotopic (exact) mass is 413 g/mol. The summed E-state index contributed by atoms with van der Waals surface area (Å²) in [5, 5.41) is 13.3. The van der Waals surface area contributed by atoms with E-state index in [1.54, 1.807) is 4.68 Å². The summed E-state index contributed by atoms with van der Waals surface area (Å²) in [4.78, 5) is 4.54. The highest BCUT2D eigenvalue weighted by Gasteiger charge is 2.15. The van der Waals surface area contributed by atoms with Gasteiger partial charge in [0.05, 0.1) is 11.2 Å². The van der Waals surface area contributed by atoms with Crippen molar-refractivity contribution >= 4 is 33.5 Å². The van der Waals surface area contributed by atoms with Crippen LogP contribution in [0, 0.1) is 10.5 Å². The molecule has 0 spiro atoms. The average Bonchev–Trinajstić information content (AvgIpc) is 3.05. The van der Waals surface area contributed by atoms with Crippen molar-refractivity contribution in [2.45, 2.75) is 6.92 Å². The first kappa shape index (κ1) is 14.3. The van der Waals surface area contributed by atoms with Gasteiger partial charge in [0.15, 0.2) is 5.82 Å². The lowest BCUT2D eigenvalue weighted by molar-refractivity contribution is 0.791. The molecule has 6 heteroatoms. The van der Waals surface area contributed by atoms with Crippen molar-refractivity contribution in [1.29, 1.82) is 0 Å². The lowest BCUT2D eigenvalue weighted by Crippen LogP contribution is -2.01. The van der Waals surface area contributed by atoms with E-state index in [0.29, 0.717) is 5.82 Å². The van der Waals surface area contributed by atoms with Crippen LogP contribution in [0.5, 0.6) is 0 Å². The number of halogens is 1. The molecule has 0 atom stereocenters. The maximum Gasteiger partial charge on any atom is 0.188 e. The molecule has 0 aliphatic rings. The summed E-state index contributed by atoms with van der Waals surface area (Å²) in [5.41, 5.74) is 3.96. The molecule has 0 saturated carbocycles. The second-order valence-corrected chi connectivity index (χ2v) is 6.45. The average molecular weight is 413 g/mol. The molecule has 2 aromatic carbocycles. The van der Waals surface area contributed by atoms with Crippen LogP contribution in [0.4, 0.5) is 0 Å². The zero-order valence-electron chi connectivity index (χ0n) is 12.3. The third-order valence-electron chi connectivity index (χ3n) is 3.83. The van der Waals surface area contributed by atoms with Crippen LogP contribution in [0.25, 0.3) is 28.0 Å². The summed E-state index contributed by atoms with van der Waals surface area (Å²) in [6.45, 7) is 2.08. The molecule has 0 fully saturated rings. The van der Waals surface area contributed by atoms with Crippen molar-refractivity contribution in [2.75, 3.05) is 0 Å². The second-order valence-electron chi connectivity index (χ2n) is 5.20. The van der Waals surface area contributed by atoms with E-state index in [1.165, 1.54) is 3.57 Å². The molecular weight excluding hydrogens is 401 g/mol. The van der Waals surface area contributed by atoms with E-state index in [1.807, 2.05) is 48.7 Å². The Kier molecular flexibility index (Phi) is 3.53. The largest absolute Gasteiger partial charge is 0.255 e. The van der Waals surface area contributed by atoms with Crippen molar-refractivity contribution in [3.8, 4) is 17.1 Å². The SMILES string of the molecule is Cc1c(-c2nnnn2-c2ccc(I)cc2)cnc2ccccc12. The molecule has 0 aliphatic heterocycles. The van der Waals surface area contributed by atoms with Gasteiger partial charge >= 0.3 is 0 Å². The summed E-state index contributed by atoms with van der Waals surface area (Å²) in [6, 6.07) is 16.2. The molecule has 112 valence electrons. The van der Waals surface area contributed by atoms with Crippen LogP contribution < -0.4 is 0 Å². The van der Waals surface area contributed by atoms with Crippen LogP contribution in [0.3, 0.4) is 0 Å². The van der Waals surface area contributed by atoms with Crippen molar-refractivity contribution in [1.82, 2.24) is 25.2 Å². The van der Waals surface area contributed by atoms with Crippen molar-refractivity contribution in [3.63, 3.8) is 0 Å². The highest BCUT2D eigenvalue weighted by atomic mass is 127. The smallest absolute Gasteiger partial charge is 0.188 e. The van der Waals surface area contributed by atoms with Crippen molar-refractivity contribution in [2.24, 2.45) is 0 Å². The number of rotatable bonds is 2. The molecule has 0 aliphatic carbocycles. The van der Waals surface area contributed by atoms with E-state index < -0.39 is 0 Å². The molecular formula is C17H12IN5. The van der Waals surface area contributed by atoms with E-state index in [-0.39, 0.29) is 0 Å². The maximum atomic E-state index is 4.54. The summed E-state index contributed by atoms with van der Waals surface area (Å²) in [6.07, 6.45) is 1.84. The van der Waals surface area contributed by atoms with E-state index in [2.05, 4.69) is 56.1 Å². The van der Waals surface area contributed by atoms with Gasteiger partial charge in [0.1, 0.15) is 0 Å². The van der Waals surface area contributed by atoms with Crippen LogP contribution >= 0.6 is 22.6 Å². The number of aromatic nitrogens is 5. The molecule has 23 heavy (non-hydrogen) atoms. The van der Waals surface area contributed by atoms with Gasteiger partial charge in [-0.25, -0.2) is 0 Å². The fraction of sp³-hybridized carbons (Fsp3) is 0.0588. The summed E-state index contributed by atoms with van der Waals surface area (Å²) in [5.74, 6) is 0.696. The molecule has 0 amide bonds. The predicted octanol–water partition coefficient (Wildman–Crippen LogP) is 3.79. The van der Waals surface area contributed by atoms with Crippen LogP contribution in [0.2, 0.25) is 0 Å². The second kappa shape index (κ2) is 5.69. The Bertz CT molecular complexity index is 991. The number of para-hydroxylation sites is 1. The Labute approximate surface area is 146 Å². The van der Waals surface area contributed by atoms with E-state index in [9.17, 15) is 0 Å². The summed E-state index contributed by atoms with van der Waals surface area (Å²) >= 11 is 2.28. The number of aryl methyl sites for hydroxylation is 1. The van der Waals surface area contributed by atoms with Gasteiger partial charge < -0.3 is 0 Å². The lowest BCUT2D eigenvalue weighted by atomic mass is 10.0. The molecule has 2 aromatic heterocycles. The highest BCUT2D eigenvalue weighted by Crippen LogP contribution is 2.27. The topological polar surface area (TPSA) is 56.5 Å². The first-order chi connectivity index (χ1) is 11.2. The molecule has 0 unspecified atom stereocenters. The maximum absolute atomic E-state index is 4.54. The van der Waals surface area contributed by atoms with Gasteiger partial charge in [0, 0.05) is 20.7 Å². The van der Waals surface area contributed by atoms with E-state index in [0.717, 1.165) is 27.7 Å². The molecule has 0 bridgehead atoms. The molecule has 4 aromatic rings. The fourth-order valence-corrected chi connectivity index (χ4v) is 2.98. The van der Waals surface area contributed by atoms with Gasteiger partial charge in [-0.3, -0.25) is 4.98 Å². The van der Waals surface area contributed by atoms with Crippen LogP contribution in [0.1, 0.15) is 5.56 Å². The quantitative estimate of drug-likeness (QED) is 0.470. The number of benzene rings is 2. The Morgan fingerprint density at radius 3 is 2.61 bits per heavy atom. The van der Waals surface area contributed by atoms with Gasteiger partial charge in [-0.1, -0.05) is 18.2 Å². The molecule has 0 N–H and O–H groups in total. The summed E-state index contributed by atoms with van der Waals surface area (Å²) < 4.78 is 2.92. The van der Waals surface area contributed by atoms with Crippen LogP contribution in [-0.4, -0.2) is 25.2 Å². The molecule has 4 rings (SSSR count). The minimum atomic E-state index is 0.696. The normalized spacial score (nSPS) is 11.0. The molecule has 2 heterocycles. The predicted molar refractivity (Wildman–Crippen MR) is 97.3 cm³/mol. The zero-order chi connectivity index (χ0) is 15.8. The number of fused-ring (bicyclic) bond motifs is 1. The lowest BCUT2D eigenvalue weighted by Gasteiger charge is -2.09. The van der Waals surface area contributed by atoms with Gasteiger partial charge in [0.25, 0.3) is 0 Å². The Hall–Kier alpha value is -2.35. The minimum Gasteiger partial charge on any atom is -0.255 e. The summed E-state index contributed by atoms with van der Waals surface area (Å²) in [7, 11) is 0. The Morgan fingerprint density at radius 1 is 1.00 bits per heavy atom. The number of pyridine rings is 1. The number of tetrazole rings is 1. The van der Waals surface area contributed by atoms with Crippen molar-refractivity contribution < 1.29 is 0 Å².